The minimum Gasteiger partial charge on any atom is -0.369 e. The standard InChI is InChI=1S/C15H26ClN5/c1-3-8-21-9-5-12(6-10-21)4-7-18-14-13(16)11(2)19-15(17)20-14/h12H,3-10H2,1-2H3,(H3,17,18,19,20). The van der Waals surface area contributed by atoms with Crippen LogP contribution in [0.15, 0.2) is 0 Å². The van der Waals surface area contributed by atoms with Crippen molar-refractivity contribution >= 4 is 23.4 Å². The average Bonchev–Trinajstić information content (AvgIpc) is 2.46. The Balaban J connectivity index is 1.75. The van der Waals surface area contributed by atoms with E-state index in [2.05, 4.69) is 27.1 Å². The van der Waals surface area contributed by atoms with Gasteiger partial charge >= 0.3 is 0 Å². The molecule has 0 amide bonds. The molecule has 0 aromatic carbocycles. The highest BCUT2D eigenvalue weighted by molar-refractivity contribution is 6.33. The molecule has 6 heteroatoms. The lowest BCUT2D eigenvalue weighted by atomic mass is 9.93. The Hall–Kier alpha value is -1.07. The first-order chi connectivity index (χ1) is 10.1. The highest BCUT2D eigenvalue weighted by Crippen LogP contribution is 2.24. The third-order valence-corrected chi connectivity index (χ3v) is 4.58. The van der Waals surface area contributed by atoms with Crippen molar-refractivity contribution in [3.05, 3.63) is 10.7 Å². The largest absolute Gasteiger partial charge is 0.369 e. The monoisotopic (exact) mass is 311 g/mol. The van der Waals surface area contributed by atoms with Gasteiger partial charge in [-0.3, -0.25) is 0 Å². The molecule has 2 heterocycles. The normalized spacial score (nSPS) is 17.1. The van der Waals surface area contributed by atoms with Crippen LogP contribution in [0.4, 0.5) is 11.8 Å². The van der Waals surface area contributed by atoms with Gasteiger partial charge in [0.2, 0.25) is 5.95 Å². The molecule has 0 atom stereocenters. The number of nitrogens with one attached hydrogen (secondary N) is 1. The third-order valence-electron chi connectivity index (χ3n) is 4.13. The van der Waals surface area contributed by atoms with Gasteiger partial charge in [0.1, 0.15) is 5.02 Å². The van der Waals surface area contributed by atoms with Crippen molar-refractivity contribution < 1.29 is 0 Å². The van der Waals surface area contributed by atoms with Crippen molar-refractivity contribution in [3.8, 4) is 0 Å². The summed E-state index contributed by atoms with van der Waals surface area (Å²) in [4.78, 5) is 10.8. The molecule has 1 aromatic heterocycles. The van der Waals surface area contributed by atoms with Crippen LogP contribution in [0.3, 0.4) is 0 Å². The number of nitrogens with two attached hydrogens (primary N) is 1. The molecule has 0 bridgehead atoms. The second-order valence-electron chi connectivity index (χ2n) is 5.83. The number of hydrogen-bond donors (Lipinski definition) is 2. The van der Waals surface area contributed by atoms with Crippen molar-refractivity contribution in [2.75, 3.05) is 37.2 Å². The van der Waals surface area contributed by atoms with Crippen LogP contribution in [0.1, 0.15) is 38.3 Å². The zero-order valence-electron chi connectivity index (χ0n) is 13.0. The smallest absolute Gasteiger partial charge is 0.222 e. The number of rotatable bonds is 6. The van der Waals surface area contributed by atoms with Crippen LogP contribution < -0.4 is 11.1 Å². The summed E-state index contributed by atoms with van der Waals surface area (Å²) in [6.07, 6.45) is 4.99. The van der Waals surface area contributed by atoms with Gasteiger partial charge in [0.15, 0.2) is 5.82 Å². The number of halogens is 1. The number of hydrogen-bond acceptors (Lipinski definition) is 5. The summed E-state index contributed by atoms with van der Waals surface area (Å²) in [5, 5.41) is 3.87. The molecule has 0 unspecified atom stereocenters. The Bertz CT molecular complexity index is 458. The molecule has 1 fully saturated rings. The molecule has 3 N–H and O–H groups in total. The summed E-state index contributed by atoms with van der Waals surface area (Å²) >= 11 is 6.19. The van der Waals surface area contributed by atoms with Gasteiger partial charge in [0.05, 0.1) is 5.69 Å². The van der Waals surface area contributed by atoms with Crippen molar-refractivity contribution in [1.82, 2.24) is 14.9 Å². The number of piperidine rings is 1. The molecule has 0 radical (unpaired) electrons. The van der Waals surface area contributed by atoms with E-state index in [1.165, 1.54) is 38.9 Å². The fourth-order valence-corrected chi connectivity index (χ4v) is 3.06. The first-order valence-electron chi connectivity index (χ1n) is 7.86. The van der Waals surface area contributed by atoms with Gasteiger partial charge < -0.3 is 16.0 Å². The third kappa shape index (κ3) is 4.71. The lowest BCUT2D eigenvalue weighted by Crippen LogP contribution is -2.34. The van der Waals surface area contributed by atoms with Crippen molar-refractivity contribution in [2.24, 2.45) is 5.92 Å². The van der Waals surface area contributed by atoms with Crippen molar-refractivity contribution in [3.63, 3.8) is 0 Å². The lowest BCUT2D eigenvalue weighted by molar-refractivity contribution is 0.181. The first-order valence-corrected chi connectivity index (χ1v) is 8.23. The minimum absolute atomic E-state index is 0.271. The fourth-order valence-electron chi connectivity index (χ4n) is 2.91. The van der Waals surface area contributed by atoms with E-state index in [9.17, 15) is 0 Å². The number of likely N-dealkylation sites (tertiary alicyclic amines) is 1. The SMILES string of the molecule is CCCN1CCC(CCNc2nc(N)nc(C)c2Cl)CC1. The van der Waals surface area contributed by atoms with Gasteiger partial charge in [-0.05, 0) is 58.2 Å². The van der Waals surface area contributed by atoms with E-state index >= 15 is 0 Å². The van der Waals surface area contributed by atoms with E-state index < -0.39 is 0 Å². The second-order valence-corrected chi connectivity index (χ2v) is 6.21. The van der Waals surface area contributed by atoms with Crippen LogP contribution >= 0.6 is 11.6 Å². The van der Waals surface area contributed by atoms with Gasteiger partial charge in [-0.1, -0.05) is 18.5 Å². The predicted octanol–water partition coefficient (Wildman–Crippen LogP) is 2.94. The number of aryl methyl sites for hydroxylation is 1. The van der Waals surface area contributed by atoms with Gasteiger partial charge in [-0.15, -0.1) is 0 Å². The van der Waals surface area contributed by atoms with Crippen LogP contribution in [-0.4, -0.2) is 41.0 Å². The minimum atomic E-state index is 0.271. The molecule has 0 saturated carbocycles. The Morgan fingerprint density at radius 1 is 1.33 bits per heavy atom. The molecule has 1 saturated heterocycles. The van der Waals surface area contributed by atoms with E-state index in [0.717, 1.165) is 24.6 Å². The Morgan fingerprint density at radius 3 is 2.71 bits per heavy atom. The molecule has 1 aromatic rings. The van der Waals surface area contributed by atoms with Crippen LogP contribution in [0, 0.1) is 12.8 Å². The summed E-state index contributed by atoms with van der Waals surface area (Å²) in [5.41, 5.74) is 6.38. The van der Waals surface area contributed by atoms with Crippen LogP contribution in [-0.2, 0) is 0 Å². The highest BCUT2D eigenvalue weighted by atomic mass is 35.5. The molecule has 118 valence electrons. The summed E-state index contributed by atoms with van der Waals surface area (Å²) in [6, 6.07) is 0. The Morgan fingerprint density at radius 2 is 2.05 bits per heavy atom. The van der Waals surface area contributed by atoms with E-state index in [0.29, 0.717) is 10.8 Å². The molecular weight excluding hydrogens is 286 g/mol. The van der Waals surface area contributed by atoms with Crippen LogP contribution in [0.25, 0.3) is 0 Å². The molecular formula is C15H26ClN5. The molecule has 1 aliphatic heterocycles. The summed E-state index contributed by atoms with van der Waals surface area (Å²) in [7, 11) is 0. The molecule has 1 aliphatic rings. The predicted molar refractivity (Wildman–Crippen MR) is 88.8 cm³/mol. The highest BCUT2D eigenvalue weighted by Gasteiger charge is 2.18. The molecule has 2 rings (SSSR count). The van der Waals surface area contributed by atoms with E-state index in [-0.39, 0.29) is 5.95 Å². The number of anilines is 2. The van der Waals surface area contributed by atoms with Gasteiger partial charge in [-0.25, -0.2) is 4.98 Å². The number of aromatic nitrogens is 2. The van der Waals surface area contributed by atoms with E-state index in [1.807, 2.05) is 6.92 Å². The van der Waals surface area contributed by atoms with Crippen LogP contribution in [0.2, 0.25) is 5.02 Å². The van der Waals surface area contributed by atoms with Gasteiger partial charge in [0.25, 0.3) is 0 Å². The maximum Gasteiger partial charge on any atom is 0.222 e. The molecule has 5 nitrogen and oxygen atoms in total. The Kier molecular flexibility index (Phi) is 6.06. The van der Waals surface area contributed by atoms with Gasteiger partial charge in [-0.2, -0.15) is 4.98 Å². The maximum absolute atomic E-state index is 6.19. The van der Waals surface area contributed by atoms with Crippen molar-refractivity contribution in [1.29, 1.82) is 0 Å². The lowest BCUT2D eigenvalue weighted by Gasteiger charge is -2.31. The molecule has 0 aliphatic carbocycles. The average molecular weight is 312 g/mol. The molecule has 21 heavy (non-hydrogen) atoms. The summed E-state index contributed by atoms with van der Waals surface area (Å²) in [6.45, 7) is 8.68. The zero-order chi connectivity index (χ0) is 15.2. The molecule has 0 spiro atoms. The fraction of sp³-hybridized carbons (Fsp3) is 0.733. The second kappa shape index (κ2) is 7.80. The summed E-state index contributed by atoms with van der Waals surface area (Å²) in [5.74, 6) is 1.72. The van der Waals surface area contributed by atoms with Gasteiger partial charge in [0, 0.05) is 6.54 Å². The van der Waals surface area contributed by atoms with E-state index in [4.69, 9.17) is 17.3 Å². The first kappa shape index (κ1) is 16.3. The van der Waals surface area contributed by atoms with Crippen LogP contribution in [0.5, 0.6) is 0 Å². The maximum atomic E-state index is 6.19. The number of nitrogen functional groups attached to an aromatic ring is 1. The zero-order valence-corrected chi connectivity index (χ0v) is 13.8. The van der Waals surface area contributed by atoms with Crippen molar-refractivity contribution in [2.45, 2.75) is 39.5 Å². The Labute approximate surface area is 132 Å². The number of nitrogens with zero attached hydrogens (tertiary/aromatic N) is 3. The quantitative estimate of drug-likeness (QED) is 0.845. The summed E-state index contributed by atoms with van der Waals surface area (Å²) < 4.78 is 0. The topological polar surface area (TPSA) is 67.1 Å². The van der Waals surface area contributed by atoms with E-state index in [1.54, 1.807) is 0 Å².